The van der Waals surface area contributed by atoms with E-state index in [0.717, 1.165) is 32.2 Å². The number of hydrogen-bond acceptors (Lipinski definition) is 5. The predicted molar refractivity (Wildman–Crippen MR) is 70.5 cm³/mol. The molecular formula is C13H18N4O2. The van der Waals surface area contributed by atoms with Gasteiger partial charge in [0.15, 0.2) is 0 Å². The van der Waals surface area contributed by atoms with E-state index in [9.17, 15) is 4.79 Å². The van der Waals surface area contributed by atoms with Gasteiger partial charge in [-0.3, -0.25) is 4.90 Å². The molecule has 1 N–H and O–H groups in total. The van der Waals surface area contributed by atoms with Gasteiger partial charge in [-0.2, -0.15) is 0 Å². The fourth-order valence-electron chi connectivity index (χ4n) is 2.54. The molecule has 6 heteroatoms. The molecule has 0 bridgehead atoms. The zero-order valence-corrected chi connectivity index (χ0v) is 11.0. The molecule has 1 saturated heterocycles. The molecule has 0 spiro atoms. The summed E-state index contributed by atoms with van der Waals surface area (Å²) in [7, 11) is 0. The van der Waals surface area contributed by atoms with Gasteiger partial charge in [-0.25, -0.2) is 14.8 Å². The molecule has 0 aromatic carbocycles. The van der Waals surface area contributed by atoms with E-state index in [1.807, 2.05) is 0 Å². The Labute approximate surface area is 112 Å². The highest BCUT2D eigenvalue weighted by atomic mass is 16.4. The van der Waals surface area contributed by atoms with Crippen LogP contribution in [0.1, 0.15) is 28.9 Å². The largest absolute Gasteiger partial charge is 0.478 e. The third kappa shape index (κ3) is 2.53. The number of anilines is 1. The maximum atomic E-state index is 10.9. The van der Waals surface area contributed by atoms with Gasteiger partial charge in [-0.1, -0.05) is 0 Å². The molecule has 2 aliphatic rings. The van der Waals surface area contributed by atoms with Crippen molar-refractivity contribution in [2.24, 2.45) is 0 Å². The number of aryl methyl sites for hydroxylation is 1. The van der Waals surface area contributed by atoms with E-state index in [1.165, 1.54) is 19.0 Å². The first kappa shape index (κ1) is 12.3. The molecule has 102 valence electrons. The summed E-state index contributed by atoms with van der Waals surface area (Å²) in [6, 6.07) is 0.805. The maximum Gasteiger partial charge on any atom is 0.339 e. The quantitative estimate of drug-likeness (QED) is 0.867. The second-order valence-electron chi connectivity index (χ2n) is 5.23. The molecule has 2 heterocycles. The average molecular weight is 262 g/mol. The van der Waals surface area contributed by atoms with Gasteiger partial charge < -0.3 is 10.0 Å². The molecule has 0 atom stereocenters. The number of aromatic nitrogens is 2. The first-order chi connectivity index (χ1) is 9.15. The molecule has 1 aliphatic carbocycles. The van der Waals surface area contributed by atoms with Crippen molar-refractivity contribution < 1.29 is 9.90 Å². The summed E-state index contributed by atoms with van der Waals surface area (Å²) in [5.74, 6) is -0.319. The first-order valence-corrected chi connectivity index (χ1v) is 6.71. The topological polar surface area (TPSA) is 69.6 Å². The zero-order chi connectivity index (χ0) is 13.4. The Balaban J connectivity index is 1.69. The second-order valence-corrected chi connectivity index (χ2v) is 5.23. The molecular weight excluding hydrogens is 244 g/mol. The van der Waals surface area contributed by atoms with Crippen molar-refractivity contribution in [3.63, 3.8) is 0 Å². The van der Waals surface area contributed by atoms with Crippen LogP contribution in [-0.4, -0.2) is 58.2 Å². The number of carboxylic acids is 1. The van der Waals surface area contributed by atoms with Crippen molar-refractivity contribution in [1.82, 2.24) is 14.9 Å². The van der Waals surface area contributed by atoms with Crippen molar-refractivity contribution in [1.29, 1.82) is 0 Å². The Bertz CT molecular complexity index is 493. The fraction of sp³-hybridized carbons (Fsp3) is 0.615. The van der Waals surface area contributed by atoms with Crippen LogP contribution >= 0.6 is 0 Å². The second kappa shape index (κ2) is 4.77. The summed E-state index contributed by atoms with van der Waals surface area (Å²) < 4.78 is 0. The number of piperazine rings is 1. The predicted octanol–water partition coefficient (Wildman–Crippen LogP) is 0.768. The minimum absolute atomic E-state index is 0.181. The summed E-state index contributed by atoms with van der Waals surface area (Å²) >= 11 is 0. The number of hydrogen-bond donors (Lipinski definition) is 1. The third-order valence-corrected chi connectivity index (χ3v) is 3.86. The molecule has 1 aliphatic heterocycles. The van der Waals surface area contributed by atoms with E-state index < -0.39 is 5.97 Å². The number of carboxylic acid groups (broad SMARTS) is 1. The van der Waals surface area contributed by atoms with E-state index >= 15 is 0 Å². The molecule has 0 radical (unpaired) electrons. The summed E-state index contributed by atoms with van der Waals surface area (Å²) in [6.07, 6.45) is 4.08. The number of nitrogens with zero attached hydrogens (tertiary/aromatic N) is 4. The minimum atomic E-state index is -0.970. The van der Waals surface area contributed by atoms with E-state index in [-0.39, 0.29) is 5.56 Å². The van der Waals surface area contributed by atoms with Crippen molar-refractivity contribution in [3.05, 3.63) is 17.5 Å². The van der Waals surface area contributed by atoms with Crippen molar-refractivity contribution in [2.45, 2.75) is 25.8 Å². The average Bonchev–Trinajstić information content (AvgIpc) is 3.22. The highest BCUT2D eigenvalue weighted by Gasteiger charge is 2.31. The standard InChI is InChI=1S/C13H18N4O2/c1-9-11(12(18)19)8-14-13(15-9)17-6-4-16(5-7-17)10-2-3-10/h8,10H,2-7H2,1H3,(H,18,19). The molecule has 0 amide bonds. The van der Waals surface area contributed by atoms with E-state index in [0.29, 0.717) is 11.6 Å². The molecule has 0 unspecified atom stereocenters. The van der Waals surface area contributed by atoms with Crippen LogP contribution in [0, 0.1) is 6.92 Å². The van der Waals surface area contributed by atoms with Crippen LogP contribution in [0.5, 0.6) is 0 Å². The summed E-state index contributed by atoms with van der Waals surface area (Å²) in [5, 5.41) is 8.97. The minimum Gasteiger partial charge on any atom is -0.478 e. The van der Waals surface area contributed by atoms with Crippen LogP contribution in [0.2, 0.25) is 0 Å². The lowest BCUT2D eigenvalue weighted by atomic mass is 10.2. The molecule has 6 nitrogen and oxygen atoms in total. The molecule has 1 saturated carbocycles. The van der Waals surface area contributed by atoms with Crippen LogP contribution < -0.4 is 4.90 Å². The maximum absolute atomic E-state index is 10.9. The van der Waals surface area contributed by atoms with E-state index in [1.54, 1.807) is 6.92 Å². The van der Waals surface area contributed by atoms with Crippen LogP contribution in [0.25, 0.3) is 0 Å². The highest BCUT2D eigenvalue weighted by Crippen LogP contribution is 2.28. The van der Waals surface area contributed by atoms with Crippen LogP contribution in [0.15, 0.2) is 6.20 Å². The summed E-state index contributed by atoms with van der Waals surface area (Å²) in [4.78, 5) is 24.1. The van der Waals surface area contributed by atoms with Gasteiger partial charge in [0.05, 0.1) is 11.3 Å². The molecule has 2 fully saturated rings. The Kier molecular flexibility index (Phi) is 3.10. The van der Waals surface area contributed by atoms with Crippen molar-refractivity contribution in [2.75, 3.05) is 31.1 Å². The number of aromatic carboxylic acids is 1. The van der Waals surface area contributed by atoms with Gasteiger partial charge in [0.25, 0.3) is 0 Å². The Hall–Kier alpha value is -1.69. The lowest BCUT2D eigenvalue weighted by molar-refractivity contribution is 0.0695. The molecule has 3 rings (SSSR count). The van der Waals surface area contributed by atoms with Gasteiger partial charge in [0.1, 0.15) is 0 Å². The van der Waals surface area contributed by atoms with E-state index in [4.69, 9.17) is 5.11 Å². The summed E-state index contributed by atoms with van der Waals surface area (Å²) in [5.41, 5.74) is 0.711. The Morgan fingerprint density at radius 2 is 2.00 bits per heavy atom. The Morgan fingerprint density at radius 1 is 1.32 bits per heavy atom. The van der Waals surface area contributed by atoms with Gasteiger partial charge in [0.2, 0.25) is 5.95 Å². The monoisotopic (exact) mass is 262 g/mol. The van der Waals surface area contributed by atoms with Gasteiger partial charge in [-0.15, -0.1) is 0 Å². The van der Waals surface area contributed by atoms with Crippen molar-refractivity contribution in [3.8, 4) is 0 Å². The lowest BCUT2D eigenvalue weighted by Gasteiger charge is -2.34. The highest BCUT2D eigenvalue weighted by molar-refractivity contribution is 5.88. The number of carbonyl (C=O) groups is 1. The van der Waals surface area contributed by atoms with Crippen LogP contribution in [0.4, 0.5) is 5.95 Å². The van der Waals surface area contributed by atoms with Gasteiger partial charge in [-0.05, 0) is 19.8 Å². The first-order valence-electron chi connectivity index (χ1n) is 6.71. The van der Waals surface area contributed by atoms with Crippen LogP contribution in [-0.2, 0) is 0 Å². The van der Waals surface area contributed by atoms with Crippen LogP contribution in [0.3, 0.4) is 0 Å². The van der Waals surface area contributed by atoms with Gasteiger partial charge in [0, 0.05) is 38.4 Å². The SMILES string of the molecule is Cc1nc(N2CCN(C3CC3)CC2)ncc1C(=O)O. The normalized spacial score (nSPS) is 20.6. The fourth-order valence-corrected chi connectivity index (χ4v) is 2.54. The van der Waals surface area contributed by atoms with Gasteiger partial charge >= 0.3 is 5.97 Å². The number of rotatable bonds is 3. The molecule has 1 aromatic rings. The van der Waals surface area contributed by atoms with Crippen molar-refractivity contribution >= 4 is 11.9 Å². The lowest BCUT2D eigenvalue weighted by Crippen LogP contribution is -2.47. The molecule has 19 heavy (non-hydrogen) atoms. The zero-order valence-electron chi connectivity index (χ0n) is 11.0. The smallest absolute Gasteiger partial charge is 0.339 e. The molecule has 1 aromatic heterocycles. The summed E-state index contributed by atoms with van der Waals surface area (Å²) in [6.45, 7) is 5.65. The third-order valence-electron chi connectivity index (χ3n) is 3.86. The van der Waals surface area contributed by atoms with E-state index in [2.05, 4.69) is 19.8 Å². The Morgan fingerprint density at radius 3 is 2.53 bits per heavy atom.